The van der Waals surface area contributed by atoms with E-state index in [1.54, 1.807) is 54.6 Å². The second kappa shape index (κ2) is 8.99. The molecule has 0 aromatic heterocycles. The minimum absolute atomic E-state index is 0.148. The summed E-state index contributed by atoms with van der Waals surface area (Å²) in [6.45, 7) is 0. The van der Waals surface area contributed by atoms with Gasteiger partial charge in [-0.15, -0.1) is 0 Å². The fourth-order valence-corrected chi connectivity index (χ4v) is 5.51. The smallest absolute Gasteiger partial charge is 0.151 e. The van der Waals surface area contributed by atoms with Gasteiger partial charge in [0, 0.05) is 16.7 Å². The molecule has 0 amide bonds. The minimum atomic E-state index is -0.870. The Kier molecular flexibility index (Phi) is 5.48. The minimum Gasteiger partial charge on any atom is -0.508 e. The average molecular weight is 495 g/mol. The molecule has 3 N–H and O–H groups in total. The first-order valence-corrected chi connectivity index (χ1v) is 12.1. The molecule has 38 heavy (non-hydrogen) atoms. The first-order valence-electron chi connectivity index (χ1n) is 12.1. The van der Waals surface area contributed by atoms with Gasteiger partial charge in [0.25, 0.3) is 0 Å². The Morgan fingerprint density at radius 1 is 0.579 bits per heavy atom. The molecule has 0 spiro atoms. The second-order valence-corrected chi connectivity index (χ2v) is 9.26. The molecular weight excluding hydrogens is 472 g/mol. The summed E-state index contributed by atoms with van der Waals surface area (Å²) in [5.41, 5.74) is 6.54. The zero-order valence-electron chi connectivity index (χ0n) is 20.2. The van der Waals surface area contributed by atoms with E-state index in [0.717, 1.165) is 39.7 Å². The fraction of sp³-hybridized carbons (Fsp3) is 0.0294. The van der Waals surface area contributed by atoms with E-state index in [1.807, 2.05) is 42.5 Å². The molecular formula is C34H22O4. The Bertz CT molecular complexity index is 1690. The SMILES string of the molecule is O=Cc1ccc2c(c1C#Cc1ccc(O)cc1)C(c1ccc(O)cc1)(c1ccc(O)cc1)c1ccccc1-2. The number of benzene rings is 5. The topological polar surface area (TPSA) is 77.8 Å². The van der Waals surface area contributed by atoms with Crippen LogP contribution in [0, 0.1) is 11.8 Å². The maximum absolute atomic E-state index is 12.4. The van der Waals surface area contributed by atoms with E-state index in [1.165, 1.54) is 0 Å². The van der Waals surface area contributed by atoms with Gasteiger partial charge >= 0.3 is 0 Å². The van der Waals surface area contributed by atoms with Gasteiger partial charge in [-0.1, -0.05) is 66.4 Å². The van der Waals surface area contributed by atoms with Gasteiger partial charge < -0.3 is 15.3 Å². The van der Waals surface area contributed by atoms with E-state index in [4.69, 9.17) is 0 Å². The molecule has 4 nitrogen and oxygen atoms in total. The summed E-state index contributed by atoms with van der Waals surface area (Å²) in [7, 11) is 0. The number of carbonyl (C=O) groups is 1. The first kappa shape index (κ1) is 23.1. The van der Waals surface area contributed by atoms with Crippen molar-refractivity contribution < 1.29 is 20.1 Å². The third-order valence-electron chi connectivity index (χ3n) is 7.16. The molecule has 0 saturated heterocycles. The summed E-state index contributed by atoms with van der Waals surface area (Å²) >= 11 is 0. The maximum Gasteiger partial charge on any atom is 0.151 e. The monoisotopic (exact) mass is 494 g/mol. The third kappa shape index (κ3) is 3.53. The standard InChI is InChI=1S/C34H22O4/c35-21-23-8-20-31-30-3-1-2-4-32(30)34(24-9-15-27(37)16-10-24,25-11-17-28(38)18-12-25)33(31)29(23)19-7-22-5-13-26(36)14-6-22/h1-6,8-18,20-21,36-38H. The van der Waals surface area contributed by atoms with Gasteiger partial charge in [-0.25, -0.2) is 0 Å². The van der Waals surface area contributed by atoms with Crippen LogP contribution in [-0.2, 0) is 5.41 Å². The van der Waals surface area contributed by atoms with Crippen LogP contribution in [-0.4, -0.2) is 21.6 Å². The highest BCUT2D eigenvalue weighted by Gasteiger charge is 2.47. The number of aldehydes is 1. The van der Waals surface area contributed by atoms with Crippen molar-refractivity contribution in [3.05, 3.63) is 148 Å². The van der Waals surface area contributed by atoms with E-state index in [0.29, 0.717) is 16.7 Å². The average Bonchev–Trinajstić information content (AvgIpc) is 3.25. The lowest BCUT2D eigenvalue weighted by Crippen LogP contribution is -2.29. The lowest BCUT2D eigenvalue weighted by Gasteiger charge is -2.34. The third-order valence-corrected chi connectivity index (χ3v) is 7.16. The number of carbonyl (C=O) groups excluding carboxylic acids is 1. The molecule has 1 aliphatic carbocycles. The van der Waals surface area contributed by atoms with E-state index in [9.17, 15) is 20.1 Å². The van der Waals surface area contributed by atoms with Gasteiger partial charge in [-0.05, 0) is 88.0 Å². The van der Waals surface area contributed by atoms with Gasteiger partial charge in [-0.2, -0.15) is 0 Å². The van der Waals surface area contributed by atoms with Crippen LogP contribution in [0.1, 0.15) is 43.7 Å². The van der Waals surface area contributed by atoms with Crippen LogP contribution in [0.3, 0.4) is 0 Å². The van der Waals surface area contributed by atoms with Crippen molar-refractivity contribution >= 4 is 6.29 Å². The van der Waals surface area contributed by atoms with Gasteiger partial charge in [-0.3, -0.25) is 4.79 Å². The highest BCUT2D eigenvalue weighted by molar-refractivity contribution is 5.93. The van der Waals surface area contributed by atoms with Gasteiger partial charge in [0.15, 0.2) is 6.29 Å². The zero-order chi connectivity index (χ0) is 26.3. The molecule has 0 bridgehead atoms. The first-order chi connectivity index (χ1) is 18.5. The number of hydrogen-bond acceptors (Lipinski definition) is 4. The van der Waals surface area contributed by atoms with E-state index in [-0.39, 0.29) is 17.2 Å². The summed E-state index contributed by atoms with van der Waals surface area (Å²) < 4.78 is 0. The molecule has 0 saturated carbocycles. The number of hydrogen-bond donors (Lipinski definition) is 3. The molecule has 0 fully saturated rings. The normalized spacial score (nSPS) is 12.6. The Balaban J connectivity index is 1.76. The van der Waals surface area contributed by atoms with Crippen LogP contribution in [0.4, 0.5) is 0 Å². The number of rotatable bonds is 3. The number of phenolic OH excluding ortho intramolecular Hbond substituents is 3. The summed E-state index contributed by atoms with van der Waals surface area (Å²) in [6, 6.07) is 32.7. The Morgan fingerprint density at radius 3 is 1.71 bits per heavy atom. The van der Waals surface area contributed by atoms with Crippen LogP contribution >= 0.6 is 0 Å². The Morgan fingerprint density at radius 2 is 1.13 bits per heavy atom. The van der Waals surface area contributed by atoms with Crippen molar-refractivity contribution in [3.8, 4) is 40.2 Å². The van der Waals surface area contributed by atoms with Crippen LogP contribution in [0.5, 0.6) is 17.2 Å². The molecule has 0 heterocycles. The molecule has 5 aromatic carbocycles. The van der Waals surface area contributed by atoms with Crippen LogP contribution in [0.15, 0.2) is 109 Å². The molecule has 0 aliphatic heterocycles. The lowest BCUT2D eigenvalue weighted by atomic mass is 9.66. The van der Waals surface area contributed by atoms with E-state index >= 15 is 0 Å². The Hall–Kier alpha value is -5.27. The molecule has 1 aliphatic rings. The predicted molar refractivity (Wildman–Crippen MR) is 147 cm³/mol. The van der Waals surface area contributed by atoms with Gasteiger partial charge in [0.05, 0.1) is 5.41 Å². The highest BCUT2D eigenvalue weighted by atomic mass is 16.3. The van der Waals surface area contributed by atoms with Crippen molar-refractivity contribution in [2.75, 3.05) is 0 Å². The number of fused-ring (bicyclic) bond motifs is 3. The molecule has 0 unspecified atom stereocenters. The molecule has 0 radical (unpaired) electrons. The predicted octanol–water partition coefficient (Wildman–Crippen LogP) is 6.38. The number of aromatic hydroxyl groups is 3. The molecule has 182 valence electrons. The number of phenols is 3. The summed E-state index contributed by atoms with van der Waals surface area (Å²) in [5, 5.41) is 29.9. The second-order valence-electron chi connectivity index (χ2n) is 9.26. The van der Waals surface area contributed by atoms with Gasteiger partial charge in [0.1, 0.15) is 17.2 Å². The lowest BCUT2D eigenvalue weighted by molar-refractivity contribution is 0.112. The van der Waals surface area contributed by atoms with Gasteiger partial charge in [0.2, 0.25) is 0 Å². The van der Waals surface area contributed by atoms with Crippen molar-refractivity contribution in [2.45, 2.75) is 5.41 Å². The van der Waals surface area contributed by atoms with Crippen molar-refractivity contribution in [1.82, 2.24) is 0 Å². The molecule has 5 aromatic rings. The summed E-state index contributed by atoms with van der Waals surface area (Å²) in [5.74, 6) is 6.92. The molecule has 4 heteroatoms. The summed E-state index contributed by atoms with van der Waals surface area (Å²) in [6.07, 6.45) is 0.822. The maximum atomic E-state index is 12.4. The summed E-state index contributed by atoms with van der Waals surface area (Å²) in [4.78, 5) is 12.4. The fourth-order valence-electron chi connectivity index (χ4n) is 5.51. The molecule has 0 atom stereocenters. The van der Waals surface area contributed by atoms with Crippen LogP contribution in [0.25, 0.3) is 11.1 Å². The van der Waals surface area contributed by atoms with Crippen molar-refractivity contribution in [3.63, 3.8) is 0 Å². The van der Waals surface area contributed by atoms with Crippen LogP contribution in [0.2, 0.25) is 0 Å². The quantitative estimate of drug-likeness (QED) is 0.197. The van der Waals surface area contributed by atoms with E-state index in [2.05, 4.69) is 24.0 Å². The van der Waals surface area contributed by atoms with Crippen molar-refractivity contribution in [1.29, 1.82) is 0 Å². The van der Waals surface area contributed by atoms with Crippen molar-refractivity contribution in [2.24, 2.45) is 0 Å². The van der Waals surface area contributed by atoms with E-state index < -0.39 is 5.41 Å². The largest absolute Gasteiger partial charge is 0.508 e. The Labute approximate surface area is 220 Å². The van der Waals surface area contributed by atoms with Crippen LogP contribution < -0.4 is 0 Å². The highest BCUT2D eigenvalue weighted by Crippen LogP contribution is 2.57. The molecule has 6 rings (SSSR count). The zero-order valence-corrected chi connectivity index (χ0v) is 20.2.